The van der Waals surface area contributed by atoms with Crippen LogP contribution in [0.5, 0.6) is 0 Å². The molecule has 0 radical (unpaired) electrons. The second kappa shape index (κ2) is 10.1. The highest BCUT2D eigenvalue weighted by Crippen LogP contribution is 2.23. The first-order chi connectivity index (χ1) is 13.7. The minimum Gasteiger partial charge on any atom is -0.464 e. The highest BCUT2D eigenvalue weighted by Gasteiger charge is 2.45. The minimum absolute atomic E-state index is 0.111. The molecule has 1 saturated heterocycles. The number of rotatable bonds is 6. The van der Waals surface area contributed by atoms with E-state index < -0.39 is 35.8 Å². The molecule has 8 heteroatoms. The van der Waals surface area contributed by atoms with Crippen LogP contribution in [0.2, 0.25) is 0 Å². The Bertz CT molecular complexity index is 701. The predicted molar refractivity (Wildman–Crippen MR) is 106 cm³/mol. The van der Waals surface area contributed by atoms with Crippen LogP contribution >= 0.6 is 0 Å². The third-order valence-corrected chi connectivity index (χ3v) is 4.23. The van der Waals surface area contributed by atoms with E-state index in [1.807, 2.05) is 37.3 Å². The van der Waals surface area contributed by atoms with Gasteiger partial charge < -0.3 is 19.5 Å². The number of benzene rings is 1. The highest BCUT2D eigenvalue weighted by molar-refractivity contribution is 5.84. The average Bonchev–Trinajstić information content (AvgIpc) is 3.07. The SMILES string of the molecule is CCCOC(=O)[C@@H]1[C@H](NC(=O)OCc2ccccc2)CCN1C(=O)OC(C)(C)C. The normalized spacial score (nSPS) is 18.8. The van der Waals surface area contributed by atoms with Gasteiger partial charge in [0.2, 0.25) is 0 Å². The van der Waals surface area contributed by atoms with Crippen molar-refractivity contribution in [3.05, 3.63) is 35.9 Å². The lowest BCUT2D eigenvalue weighted by atomic mass is 10.1. The number of carbonyl (C=O) groups excluding carboxylic acids is 3. The summed E-state index contributed by atoms with van der Waals surface area (Å²) in [5.41, 5.74) is 0.151. The number of carbonyl (C=O) groups is 3. The number of amides is 2. The topological polar surface area (TPSA) is 94.2 Å². The molecule has 0 aromatic heterocycles. The van der Waals surface area contributed by atoms with Crippen molar-refractivity contribution in [2.75, 3.05) is 13.2 Å². The van der Waals surface area contributed by atoms with E-state index in [0.717, 1.165) is 5.56 Å². The number of alkyl carbamates (subject to hydrolysis) is 1. The first kappa shape index (κ1) is 22.5. The highest BCUT2D eigenvalue weighted by atomic mass is 16.6. The molecule has 0 unspecified atom stereocenters. The summed E-state index contributed by atoms with van der Waals surface area (Å²) < 4.78 is 15.9. The molecule has 8 nitrogen and oxygen atoms in total. The number of esters is 1. The summed E-state index contributed by atoms with van der Waals surface area (Å²) in [5.74, 6) is -0.566. The Kier molecular flexibility index (Phi) is 7.87. The van der Waals surface area contributed by atoms with Gasteiger partial charge in [-0.15, -0.1) is 0 Å². The molecule has 2 rings (SSSR count). The van der Waals surface area contributed by atoms with Gasteiger partial charge in [-0.3, -0.25) is 4.90 Å². The monoisotopic (exact) mass is 406 g/mol. The molecule has 1 fully saturated rings. The third-order valence-electron chi connectivity index (χ3n) is 4.23. The number of nitrogens with zero attached hydrogens (tertiary/aromatic N) is 1. The van der Waals surface area contributed by atoms with Gasteiger partial charge in [0.1, 0.15) is 12.2 Å². The van der Waals surface area contributed by atoms with E-state index in [4.69, 9.17) is 14.2 Å². The van der Waals surface area contributed by atoms with Gasteiger partial charge in [-0.05, 0) is 39.2 Å². The van der Waals surface area contributed by atoms with Crippen LogP contribution in [0.4, 0.5) is 9.59 Å². The fourth-order valence-electron chi connectivity index (χ4n) is 2.96. The second-order valence-corrected chi connectivity index (χ2v) is 7.89. The maximum absolute atomic E-state index is 12.6. The number of nitrogens with one attached hydrogen (secondary N) is 1. The van der Waals surface area contributed by atoms with E-state index in [-0.39, 0.29) is 19.8 Å². The fraction of sp³-hybridized carbons (Fsp3) is 0.571. The molecule has 0 saturated carbocycles. The number of ether oxygens (including phenoxy) is 3. The summed E-state index contributed by atoms with van der Waals surface area (Å²) in [5, 5.41) is 2.69. The number of likely N-dealkylation sites (tertiary alicyclic amines) is 1. The Hall–Kier alpha value is -2.77. The van der Waals surface area contributed by atoms with Crippen molar-refractivity contribution in [3.8, 4) is 0 Å². The fourth-order valence-corrected chi connectivity index (χ4v) is 2.96. The molecular weight excluding hydrogens is 376 g/mol. The molecule has 160 valence electrons. The number of hydrogen-bond donors (Lipinski definition) is 1. The van der Waals surface area contributed by atoms with Crippen LogP contribution in [0.3, 0.4) is 0 Å². The summed E-state index contributed by atoms with van der Waals surface area (Å²) in [6.45, 7) is 7.75. The van der Waals surface area contributed by atoms with Gasteiger partial charge in [0.25, 0.3) is 0 Å². The molecule has 1 heterocycles. The van der Waals surface area contributed by atoms with Crippen molar-refractivity contribution in [1.29, 1.82) is 0 Å². The van der Waals surface area contributed by atoms with Crippen molar-refractivity contribution in [1.82, 2.24) is 10.2 Å². The van der Waals surface area contributed by atoms with Gasteiger partial charge in [0, 0.05) is 6.54 Å². The molecule has 1 aromatic carbocycles. The first-order valence-corrected chi connectivity index (χ1v) is 9.84. The summed E-state index contributed by atoms with van der Waals surface area (Å²) in [4.78, 5) is 38.7. The molecule has 1 aromatic rings. The molecule has 2 amide bonds. The lowest BCUT2D eigenvalue weighted by Gasteiger charge is -2.29. The largest absolute Gasteiger partial charge is 0.464 e. The van der Waals surface area contributed by atoms with Crippen LogP contribution in [0.25, 0.3) is 0 Å². The van der Waals surface area contributed by atoms with Crippen LogP contribution in [0.15, 0.2) is 30.3 Å². The molecule has 0 aliphatic carbocycles. The Labute approximate surface area is 171 Å². The second-order valence-electron chi connectivity index (χ2n) is 7.89. The van der Waals surface area contributed by atoms with Crippen molar-refractivity contribution < 1.29 is 28.6 Å². The van der Waals surface area contributed by atoms with Crippen LogP contribution in [0.1, 0.15) is 46.1 Å². The quantitative estimate of drug-likeness (QED) is 0.576. The number of hydrogen-bond acceptors (Lipinski definition) is 6. The lowest BCUT2D eigenvalue weighted by Crippen LogP contribution is -2.52. The van der Waals surface area contributed by atoms with E-state index in [1.54, 1.807) is 20.8 Å². The van der Waals surface area contributed by atoms with E-state index in [2.05, 4.69) is 5.32 Å². The summed E-state index contributed by atoms with van der Waals surface area (Å²) in [7, 11) is 0. The predicted octanol–water partition coefficient (Wildman–Crippen LogP) is 3.24. The molecule has 29 heavy (non-hydrogen) atoms. The van der Waals surface area contributed by atoms with E-state index in [1.165, 1.54) is 4.90 Å². The zero-order chi connectivity index (χ0) is 21.4. The average molecular weight is 406 g/mol. The third kappa shape index (κ3) is 6.96. The van der Waals surface area contributed by atoms with Gasteiger partial charge in [-0.25, -0.2) is 14.4 Å². The van der Waals surface area contributed by atoms with Crippen molar-refractivity contribution in [2.45, 2.75) is 64.8 Å². The smallest absolute Gasteiger partial charge is 0.411 e. The Balaban J connectivity index is 2.03. The van der Waals surface area contributed by atoms with Crippen molar-refractivity contribution in [3.63, 3.8) is 0 Å². The molecule has 1 N–H and O–H groups in total. The van der Waals surface area contributed by atoms with E-state index in [0.29, 0.717) is 12.8 Å². The Morgan fingerprint density at radius 3 is 2.45 bits per heavy atom. The Morgan fingerprint density at radius 2 is 1.83 bits per heavy atom. The van der Waals surface area contributed by atoms with Gasteiger partial charge in [-0.2, -0.15) is 0 Å². The minimum atomic E-state index is -0.958. The van der Waals surface area contributed by atoms with Crippen LogP contribution in [-0.2, 0) is 25.6 Å². The molecule has 2 atom stereocenters. The van der Waals surface area contributed by atoms with Crippen LogP contribution < -0.4 is 5.32 Å². The molecule has 0 bridgehead atoms. The zero-order valence-corrected chi connectivity index (χ0v) is 17.5. The molecule has 0 spiro atoms. The van der Waals surface area contributed by atoms with Crippen LogP contribution in [-0.4, -0.2) is 53.9 Å². The van der Waals surface area contributed by atoms with Gasteiger partial charge >= 0.3 is 18.2 Å². The lowest BCUT2D eigenvalue weighted by molar-refractivity contribution is -0.149. The molecule has 1 aliphatic rings. The molecular formula is C21H30N2O6. The summed E-state index contributed by atoms with van der Waals surface area (Å²) in [6.07, 6.45) is -0.218. The zero-order valence-electron chi connectivity index (χ0n) is 17.5. The standard InChI is InChI=1S/C21H30N2O6/c1-5-13-27-18(24)17-16(11-12-23(17)20(26)29-21(2,3)4)22-19(25)28-14-15-9-7-6-8-10-15/h6-10,16-17H,5,11-14H2,1-4H3,(H,22,25)/t16-,17+/m1/s1. The summed E-state index contributed by atoms with van der Waals surface area (Å²) >= 11 is 0. The first-order valence-electron chi connectivity index (χ1n) is 9.84. The van der Waals surface area contributed by atoms with Crippen LogP contribution in [0, 0.1) is 0 Å². The molecule has 1 aliphatic heterocycles. The van der Waals surface area contributed by atoms with E-state index in [9.17, 15) is 14.4 Å². The van der Waals surface area contributed by atoms with Gasteiger partial charge in [-0.1, -0.05) is 37.3 Å². The maximum atomic E-state index is 12.6. The Morgan fingerprint density at radius 1 is 1.14 bits per heavy atom. The van der Waals surface area contributed by atoms with Gasteiger partial charge in [0.15, 0.2) is 6.04 Å². The summed E-state index contributed by atoms with van der Waals surface area (Å²) in [6, 6.07) is 7.70. The van der Waals surface area contributed by atoms with E-state index >= 15 is 0 Å². The van der Waals surface area contributed by atoms with Gasteiger partial charge in [0.05, 0.1) is 12.6 Å². The van der Waals surface area contributed by atoms with Crippen molar-refractivity contribution in [2.24, 2.45) is 0 Å². The maximum Gasteiger partial charge on any atom is 0.411 e. The van der Waals surface area contributed by atoms with Crippen molar-refractivity contribution >= 4 is 18.2 Å².